The van der Waals surface area contributed by atoms with E-state index in [1.54, 1.807) is 47.6 Å². The van der Waals surface area contributed by atoms with Gasteiger partial charge in [0.2, 0.25) is 0 Å². The SMILES string of the molecule is Cc1ccc(C(=O)Nc2ccc(N3CCOCC3)c(C(F)(F)F)c2)cc1N(N)/C=C(\N)c1cccnc1. The van der Waals surface area contributed by atoms with Crippen LogP contribution < -0.4 is 26.8 Å². The molecule has 3 aromatic rings. The number of halogens is 3. The number of nitrogens with zero attached hydrogens (tertiary/aromatic N) is 3. The number of hydrazine groups is 1. The number of pyridine rings is 1. The summed E-state index contributed by atoms with van der Waals surface area (Å²) in [6.07, 6.45) is 0.125. The van der Waals surface area contributed by atoms with Gasteiger partial charge in [0, 0.05) is 54.2 Å². The number of benzene rings is 2. The van der Waals surface area contributed by atoms with E-state index in [0.717, 1.165) is 11.6 Å². The minimum atomic E-state index is -4.59. The lowest BCUT2D eigenvalue weighted by Gasteiger charge is -2.31. The van der Waals surface area contributed by atoms with Crippen LogP contribution in [-0.4, -0.2) is 37.2 Å². The fourth-order valence-electron chi connectivity index (χ4n) is 3.98. The molecule has 1 amide bonds. The van der Waals surface area contributed by atoms with Gasteiger partial charge < -0.3 is 20.7 Å². The second-order valence-corrected chi connectivity index (χ2v) is 8.52. The molecule has 1 saturated heterocycles. The number of anilines is 3. The number of ether oxygens (including phenoxy) is 1. The van der Waals surface area contributed by atoms with Gasteiger partial charge in [0.25, 0.3) is 5.91 Å². The molecular weight excluding hydrogens is 485 g/mol. The lowest BCUT2D eigenvalue weighted by Crippen LogP contribution is -2.37. The summed E-state index contributed by atoms with van der Waals surface area (Å²) in [5, 5.41) is 3.85. The third kappa shape index (κ3) is 6.19. The minimum absolute atomic E-state index is 0.0294. The molecule has 5 N–H and O–H groups in total. The maximum atomic E-state index is 13.8. The van der Waals surface area contributed by atoms with Crippen molar-refractivity contribution in [1.29, 1.82) is 0 Å². The average Bonchev–Trinajstić information content (AvgIpc) is 2.89. The molecule has 4 rings (SSSR count). The Balaban J connectivity index is 1.56. The lowest BCUT2D eigenvalue weighted by molar-refractivity contribution is -0.137. The van der Waals surface area contributed by atoms with Crippen LogP contribution >= 0.6 is 0 Å². The highest BCUT2D eigenvalue weighted by molar-refractivity contribution is 6.05. The number of nitrogens with two attached hydrogens (primary N) is 2. The van der Waals surface area contributed by atoms with Gasteiger partial charge in [-0.2, -0.15) is 13.2 Å². The van der Waals surface area contributed by atoms with Gasteiger partial charge in [-0.15, -0.1) is 0 Å². The van der Waals surface area contributed by atoms with Gasteiger partial charge in [-0.25, -0.2) is 5.84 Å². The minimum Gasteiger partial charge on any atom is -0.397 e. The average molecular weight is 513 g/mol. The number of nitrogens with one attached hydrogen (secondary N) is 1. The first-order valence-electron chi connectivity index (χ1n) is 11.5. The van der Waals surface area contributed by atoms with Crippen molar-refractivity contribution in [3.8, 4) is 0 Å². The van der Waals surface area contributed by atoms with Gasteiger partial charge in [0.1, 0.15) is 0 Å². The summed E-state index contributed by atoms with van der Waals surface area (Å²) in [5.41, 5.74) is 7.91. The number of aromatic nitrogens is 1. The number of carbonyl (C=O) groups excluding carboxylic acids is 1. The van der Waals surface area contributed by atoms with Crippen LogP contribution in [0.25, 0.3) is 5.70 Å². The zero-order valence-electron chi connectivity index (χ0n) is 20.1. The summed E-state index contributed by atoms with van der Waals surface area (Å²) in [6.45, 7) is 3.23. The van der Waals surface area contributed by atoms with Gasteiger partial charge >= 0.3 is 6.18 Å². The van der Waals surface area contributed by atoms with Crippen molar-refractivity contribution in [2.45, 2.75) is 13.1 Å². The fraction of sp³-hybridized carbons (Fsp3) is 0.231. The molecule has 0 radical (unpaired) electrons. The van der Waals surface area contributed by atoms with Crippen LogP contribution in [0.4, 0.5) is 30.2 Å². The molecule has 0 saturated carbocycles. The molecule has 194 valence electrons. The standard InChI is InChI=1S/C26H27F3N6O2/c1-17-4-5-18(13-24(17)35(31)16-22(30)19-3-2-8-32-15-19)25(36)33-20-6-7-23(21(14-20)26(27,28)29)34-9-11-37-12-10-34/h2-8,13-16H,9-12,30-31H2,1H3,(H,33,36)/b22-16-. The Morgan fingerprint density at radius 2 is 1.89 bits per heavy atom. The Morgan fingerprint density at radius 1 is 1.14 bits per heavy atom. The second kappa shape index (κ2) is 10.9. The summed E-state index contributed by atoms with van der Waals surface area (Å²) in [7, 11) is 0. The fourth-order valence-corrected chi connectivity index (χ4v) is 3.98. The number of hydrogen-bond acceptors (Lipinski definition) is 7. The summed E-state index contributed by atoms with van der Waals surface area (Å²) >= 11 is 0. The van der Waals surface area contributed by atoms with Crippen molar-refractivity contribution in [2.75, 3.05) is 41.5 Å². The van der Waals surface area contributed by atoms with E-state index in [0.29, 0.717) is 43.3 Å². The van der Waals surface area contributed by atoms with Crippen LogP contribution in [0.15, 0.2) is 67.1 Å². The molecule has 1 fully saturated rings. The molecule has 8 nitrogen and oxygen atoms in total. The van der Waals surface area contributed by atoms with Crippen molar-refractivity contribution in [3.63, 3.8) is 0 Å². The zero-order valence-corrected chi connectivity index (χ0v) is 20.1. The van der Waals surface area contributed by atoms with Gasteiger partial charge in [-0.05, 0) is 55.0 Å². The van der Waals surface area contributed by atoms with E-state index in [1.807, 2.05) is 6.92 Å². The van der Waals surface area contributed by atoms with Gasteiger partial charge in [0.15, 0.2) is 0 Å². The van der Waals surface area contributed by atoms with E-state index in [-0.39, 0.29) is 16.9 Å². The van der Waals surface area contributed by atoms with Crippen molar-refractivity contribution in [1.82, 2.24) is 4.98 Å². The molecule has 1 aliphatic rings. The maximum Gasteiger partial charge on any atom is 0.418 e. The van der Waals surface area contributed by atoms with Crippen molar-refractivity contribution in [2.24, 2.45) is 11.6 Å². The van der Waals surface area contributed by atoms with Crippen LogP contribution in [0.1, 0.15) is 27.0 Å². The first-order valence-corrected chi connectivity index (χ1v) is 11.5. The Morgan fingerprint density at radius 3 is 2.57 bits per heavy atom. The maximum absolute atomic E-state index is 13.8. The molecule has 1 aliphatic heterocycles. The Hall–Kier alpha value is -4.09. The number of rotatable bonds is 6. The molecule has 0 aliphatic carbocycles. The largest absolute Gasteiger partial charge is 0.418 e. The topological polar surface area (TPSA) is 110 Å². The van der Waals surface area contributed by atoms with E-state index >= 15 is 0 Å². The summed E-state index contributed by atoms with van der Waals surface area (Å²) in [5.74, 6) is 5.62. The molecule has 2 heterocycles. The molecule has 1 aromatic heterocycles. The molecule has 37 heavy (non-hydrogen) atoms. The summed E-state index contributed by atoms with van der Waals surface area (Å²) in [4.78, 5) is 18.6. The molecule has 0 spiro atoms. The molecule has 0 bridgehead atoms. The third-order valence-corrected chi connectivity index (χ3v) is 5.93. The van der Waals surface area contributed by atoms with E-state index in [4.69, 9.17) is 16.3 Å². The van der Waals surface area contributed by atoms with Gasteiger partial charge in [0.05, 0.1) is 30.2 Å². The molecule has 0 unspecified atom stereocenters. The van der Waals surface area contributed by atoms with E-state index in [2.05, 4.69) is 10.3 Å². The van der Waals surface area contributed by atoms with Crippen LogP contribution in [0.2, 0.25) is 0 Å². The summed E-state index contributed by atoms with van der Waals surface area (Å²) < 4.78 is 46.8. The van der Waals surface area contributed by atoms with Crippen LogP contribution in [0.5, 0.6) is 0 Å². The first kappa shape index (κ1) is 26.0. The Labute approximate surface area is 212 Å². The van der Waals surface area contributed by atoms with E-state index < -0.39 is 17.6 Å². The van der Waals surface area contributed by atoms with Crippen LogP contribution in [0, 0.1) is 6.92 Å². The predicted octanol–water partition coefficient (Wildman–Crippen LogP) is 4.14. The summed E-state index contributed by atoms with van der Waals surface area (Å²) in [6, 6.07) is 12.1. The smallest absolute Gasteiger partial charge is 0.397 e. The van der Waals surface area contributed by atoms with Crippen molar-refractivity contribution < 1.29 is 22.7 Å². The number of amides is 1. The number of morpholine rings is 1. The van der Waals surface area contributed by atoms with Crippen molar-refractivity contribution in [3.05, 3.63) is 89.4 Å². The van der Waals surface area contributed by atoms with Crippen LogP contribution in [-0.2, 0) is 10.9 Å². The molecule has 2 aromatic carbocycles. The highest BCUT2D eigenvalue weighted by Crippen LogP contribution is 2.38. The first-order chi connectivity index (χ1) is 17.6. The number of alkyl halides is 3. The van der Waals surface area contributed by atoms with E-state index in [9.17, 15) is 18.0 Å². The van der Waals surface area contributed by atoms with E-state index in [1.165, 1.54) is 23.3 Å². The molecule has 0 atom stereocenters. The van der Waals surface area contributed by atoms with Crippen LogP contribution in [0.3, 0.4) is 0 Å². The molecule has 11 heteroatoms. The number of hydrogen-bond donors (Lipinski definition) is 3. The Bertz CT molecular complexity index is 1290. The highest BCUT2D eigenvalue weighted by Gasteiger charge is 2.35. The molecular formula is C26H27F3N6O2. The zero-order chi connectivity index (χ0) is 26.6. The monoisotopic (exact) mass is 512 g/mol. The Kier molecular flexibility index (Phi) is 7.65. The third-order valence-electron chi connectivity index (χ3n) is 5.93. The number of aryl methyl sites for hydroxylation is 1. The lowest BCUT2D eigenvalue weighted by atomic mass is 10.1. The normalized spacial score (nSPS) is 14.4. The number of carbonyl (C=O) groups is 1. The van der Waals surface area contributed by atoms with Crippen molar-refractivity contribution >= 4 is 28.7 Å². The predicted molar refractivity (Wildman–Crippen MR) is 137 cm³/mol. The van der Waals surface area contributed by atoms with Gasteiger partial charge in [-0.1, -0.05) is 6.07 Å². The highest BCUT2D eigenvalue weighted by atomic mass is 19.4. The quantitative estimate of drug-likeness (QED) is 0.337. The van der Waals surface area contributed by atoms with Gasteiger partial charge in [-0.3, -0.25) is 14.8 Å². The second-order valence-electron chi connectivity index (χ2n) is 8.52.